The molecule has 0 aliphatic heterocycles. The fraction of sp³-hybridized carbons (Fsp3) is 0.292. The van der Waals surface area contributed by atoms with Crippen LogP contribution in [0.1, 0.15) is 47.8 Å². The van der Waals surface area contributed by atoms with Crippen LogP contribution in [0.4, 0.5) is 29.1 Å². The normalized spacial score (nSPS) is 14.7. The summed E-state index contributed by atoms with van der Waals surface area (Å²) in [5, 5.41) is 9.12. The van der Waals surface area contributed by atoms with Crippen LogP contribution in [-0.2, 0) is 6.18 Å². The Labute approximate surface area is 209 Å². The number of ether oxygens (including phenoxy) is 1. The van der Waals surface area contributed by atoms with Crippen LogP contribution in [0.15, 0.2) is 53.5 Å². The van der Waals surface area contributed by atoms with Crippen LogP contribution in [0.3, 0.4) is 0 Å². The van der Waals surface area contributed by atoms with Gasteiger partial charge in [-0.1, -0.05) is 30.5 Å². The lowest BCUT2D eigenvalue weighted by molar-refractivity contribution is -0.141. The number of hydrogen-bond donors (Lipinski definition) is 2. The number of hydrogen-bond acceptors (Lipinski definition) is 4. The molecule has 1 saturated carbocycles. The van der Waals surface area contributed by atoms with E-state index >= 15 is 0 Å². The first kappa shape index (κ1) is 25.5. The Morgan fingerprint density at radius 1 is 1.17 bits per heavy atom. The van der Waals surface area contributed by atoms with Crippen molar-refractivity contribution < 1.29 is 27.1 Å². The molecule has 0 spiro atoms. The number of amides is 1. The molecule has 1 fully saturated rings. The van der Waals surface area contributed by atoms with E-state index in [1.807, 2.05) is 0 Å². The topological polar surface area (TPSA) is 80.5 Å². The molecule has 1 heterocycles. The third-order valence-corrected chi connectivity index (χ3v) is 5.81. The van der Waals surface area contributed by atoms with Gasteiger partial charge in [0, 0.05) is 22.3 Å². The Bertz CT molecular complexity index is 1270. The maximum atomic E-state index is 13.9. The van der Waals surface area contributed by atoms with E-state index in [0.29, 0.717) is 18.6 Å². The molecule has 1 aliphatic carbocycles. The van der Waals surface area contributed by atoms with Crippen molar-refractivity contribution >= 4 is 35.0 Å². The van der Waals surface area contributed by atoms with E-state index in [2.05, 4.69) is 20.7 Å². The Morgan fingerprint density at radius 2 is 1.92 bits per heavy atom. The van der Waals surface area contributed by atoms with Gasteiger partial charge in [-0.05, 0) is 49.2 Å². The van der Waals surface area contributed by atoms with E-state index in [0.717, 1.165) is 31.0 Å². The van der Waals surface area contributed by atoms with Gasteiger partial charge in [0.15, 0.2) is 11.5 Å². The zero-order valence-corrected chi connectivity index (χ0v) is 19.8. The predicted octanol–water partition coefficient (Wildman–Crippen LogP) is 6.35. The number of nitrogens with one attached hydrogen (secondary N) is 2. The molecule has 4 rings (SSSR count). The number of guanidine groups is 1. The lowest BCUT2D eigenvalue weighted by Gasteiger charge is -2.15. The number of aromatic nitrogens is 2. The summed E-state index contributed by atoms with van der Waals surface area (Å²) in [4.78, 5) is 17.2. The summed E-state index contributed by atoms with van der Waals surface area (Å²) >= 11 is 5.93. The minimum absolute atomic E-state index is 0.0753. The van der Waals surface area contributed by atoms with E-state index in [9.17, 15) is 22.4 Å². The molecule has 0 saturated heterocycles. The number of alkyl halides is 3. The smallest absolute Gasteiger partial charge is 0.435 e. The van der Waals surface area contributed by atoms with Gasteiger partial charge in [0.05, 0.1) is 13.2 Å². The highest BCUT2D eigenvalue weighted by atomic mass is 35.5. The Kier molecular flexibility index (Phi) is 7.48. The van der Waals surface area contributed by atoms with E-state index in [-0.39, 0.29) is 34.1 Å². The standard InChI is InChI=1S/C24H22ClF4N5O2/c1-36-19-8-4-5-14(9-19)22(35)32-23(30-17-11-15(25)10-16(26)12-17)31-21-13-20(24(27,28)29)33-34(21)18-6-2-3-7-18/h4-5,8-13,18H,2-3,6-7H2,1H3,(H2,30,31,32,35). The molecule has 12 heteroatoms. The average Bonchev–Trinajstić information content (AvgIpc) is 3.48. The van der Waals surface area contributed by atoms with Crippen molar-refractivity contribution in [1.29, 1.82) is 0 Å². The molecule has 2 N–H and O–H groups in total. The number of methoxy groups -OCH3 is 1. The molecule has 0 unspecified atom stereocenters. The SMILES string of the molecule is COc1cccc(C(=O)NC(=Nc2cc(C(F)(F)F)nn2C2CCCC2)Nc2cc(F)cc(Cl)c2)c1. The number of halogens is 5. The molecular weight excluding hydrogens is 502 g/mol. The third kappa shape index (κ3) is 6.14. The van der Waals surface area contributed by atoms with Gasteiger partial charge in [-0.15, -0.1) is 0 Å². The number of anilines is 1. The molecule has 190 valence electrons. The minimum Gasteiger partial charge on any atom is -0.497 e. The fourth-order valence-electron chi connectivity index (χ4n) is 3.93. The van der Waals surface area contributed by atoms with Crippen molar-refractivity contribution in [1.82, 2.24) is 15.1 Å². The third-order valence-electron chi connectivity index (χ3n) is 5.59. The van der Waals surface area contributed by atoms with Gasteiger partial charge in [-0.3, -0.25) is 10.1 Å². The Balaban J connectivity index is 1.75. The number of aliphatic imine (C=N–C) groups is 1. The van der Waals surface area contributed by atoms with E-state index in [1.54, 1.807) is 12.1 Å². The first-order valence-electron chi connectivity index (χ1n) is 11.1. The second kappa shape index (κ2) is 10.6. The lowest BCUT2D eigenvalue weighted by Crippen LogP contribution is -2.36. The van der Waals surface area contributed by atoms with Crippen LogP contribution in [0.5, 0.6) is 5.75 Å². The summed E-state index contributed by atoms with van der Waals surface area (Å²) < 4.78 is 60.7. The maximum Gasteiger partial charge on any atom is 0.435 e. The maximum absolute atomic E-state index is 13.9. The van der Waals surface area contributed by atoms with Gasteiger partial charge in [0.1, 0.15) is 11.6 Å². The van der Waals surface area contributed by atoms with Crippen molar-refractivity contribution in [2.45, 2.75) is 37.9 Å². The number of carbonyl (C=O) groups excluding carboxylic acids is 1. The van der Waals surface area contributed by atoms with Crippen molar-refractivity contribution in [3.05, 3.63) is 70.6 Å². The Morgan fingerprint density at radius 3 is 2.58 bits per heavy atom. The molecule has 0 atom stereocenters. The van der Waals surface area contributed by atoms with Crippen LogP contribution in [0.25, 0.3) is 0 Å². The molecule has 3 aromatic rings. The van der Waals surface area contributed by atoms with Gasteiger partial charge in [0.25, 0.3) is 5.91 Å². The largest absolute Gasteiger partial charge is 0.497 e. The van der Waals surface area contributed by atoms with Crippen LogP contribution < -0.4 is 15.4 Å². The monoisotopic (exact) mass is 523 g/mol. The van der Waals surface area contributed by atoms with E-state index in [4.69, 9.17) is 16.3 Å². The Hall–Kier alpha value is -3.60. The van der Waals surface area contributed by atoms with Crippen LogP contribution in [0, 0.1) is 5.82 Å². The van der Waals surface area contributed by atoms with Gasteiger partial charge < -0.3 is 10.1 Å². The fourth-order valence-corrected chi connectivity index (χ4v) is 4.15. The number of rotatable bonds is 5. The molecule has 7 nitrogen and oxygen atoms in total. The van der Waals surface area contributed by atoms with Crippen molar-refractivity contribution in [2.24, 2.45) is 4.99 Å². The van der Waals surface area contributed by atoms with E-state index < -0.39 is 23.6 Å². The number of carbonyl (C=O) groups is 1. The van der Waals surface area contributed by atoms with Gasteiger partial charge >= 0.3 is 6.18 Å². The highest BCUT2D eigenvalue weighted by Crippen LogP contribution is 2.37. The highest BCUT2D eigenvalue weighted by Gasteiger charge is 2.36. The lowest BCUT2D eigenvalue weighted by atomic mass is 10.2. The second-order valence-electron chi connectivity index (χ2n) is 8.20. The number of benzene rings is 2. The molecule has 0 bridgehead atoms. The summed E-state index contributed by atoms with van der Waals surface area (Å²) in [5.74, 6) is -1.19. The van der Waals surface area contributed by atoms with Crippen LogP contribution >= 0.6 is 11.6 Å². The molecule has 36 heavy (non-hydrogen) atoms. The van der Waals surface area contributed by atoms with Crippen molar-refractivity contribution in [3.8, 4) is 5.75 Å². The van der Waals surface area contributed by atoms with Crippen molar-refractivity contribution in [2.75, 3.05) is 12.4 Å². The van der Waals surface area contributed by atoms with E-state index in [1.165, 1.54) is 30.0 Å². The summed E-state index contributed by atoms with van der Waals surface area (Å²) in [6, 6.07) is 10.4. The molecule has 0 radical (unpaired) electrons. The quantitative estimate of drug-likeness (QED) is 0.232. The van der Waals surface area contributed by atoms with Gasteiger partial charge in [-0.25, -0.2) is 9.07 Å². The van der Waals surface area contributed by atoms with Gasteiger partial charge in [-0.2, -0.15) is 23.3 Å². The van der Waals surface area contributed by atoms with Crippen molar-refractivity contribution in [3.63, 3.8) is 0 Å². The zero-order chi connectivity index (χ0) is 25.9. The minimum atomic E-state index is -4.68. The second-order valence-corrected chi connectivity index (χ2v) is 8.63. The first-order chi connectivity index (χ1) is 17.1. The molecule has 1 amide bonds. The summed E-state index contributed by atoms with van der Waals surface area (Å²) in [5.41, 5.74) is -0.755. The van der Waals surface area contributed by atoms with Crippen LogP contribution in [-0.4, -0.2) is 28.8 Å². The summed E-state index contributed by atoms with van der Waals surface area (Å²) in [6.45, 7) is 0. The molecule has 1 aliphatic rings. The highest BCUT2D eigenvalue weighted by molar-refractivity contribution is 6.31. The summed E-state index contributed by atoms with van der Waals surface area (Å²) in [6.07, 6.45) is -1.66. The first-order valence-corrected chi connectivity index (χ1v) is 11.4. The number of nitrogens with zero attached hydrogens (tertiary/aromatic N) is 3. The van der Waals surface area contributed by atoms with Crippen LogP contribution in [0.2, 0.25) is 5.02 Å². The molecule has 1 aromatic heterocycles. The zero-order valence-electron chi connectivity index (χ0n) is 19.1. The van der Waals surface area contributed by atoms with Gasteiger partial charge in [0.2, 0.25) is 5.96 Å². The molecule has 2 aromatic carbocycles. The predicted molar refractivity (Wildman–Crippen MR) is 127 cm³/mol. The molecular formula is C24H22ClF4N5O2. The average molecular weight is 524 g/mol. The summed E-state index contributed by atoms with van der Waals surface area (Å²) in [7, 11) is 1.45.